The van der Waals surface area contributed by atoms with Crippen LogP contribution in [0, 0.1) is 0 Å². The molecule has 0 unspecified atom stereocenters. The first-order valence-electron chi connectivity index (χ1n) is 6.14. The highest BCUT2D eigenvalue weighted by molar-refractivity contribution is 5.76. The molecule has 0 rings (SSSR count). The summed E-state index contributed by atoms with van der Waals surface area (Å²) < 4.78 is 0. The second kappa shape index (κ2) is 9.19. The Balaban J connectivity index is 3.44. The minimum atomic E-state index is 0.0132. The summed E-state index contributed by atoms with van der Waals surface area (Å²) in [6.07, 6.45) is 3.48. The van der Waals surface area contributed by atoms with Gasteiger partial charge < -0.3 is 10.2 Å². The van der Waals surface area contributed by atoms with Crippen molar-refractivity contribution in [3.63, 3.8) is 0 Å². The molecule has 0 atom stereocenters. The molecule has 2 amide bonds. The lowest BCUT2D eigenvalue weighted by Crippen LogP contribution is -2.30. The molecular formula is C12H24N2O2. The van der Waals surface area contributed by atoms with E-state index in [0.717, 1.165) is 38.9 Å². The van der Waals surface area contributed by atoms with Crippen LogP contribution in [0.2, 0.25) is 0 Å². The van der Waals surface area contributed by atoms with E-state index in [9.17, 15) is 9.59 Å². The van der Waals surface area contributed by atoms with Crippen molar-refractivity contribution < 1.29 is 9.59 Å². The highest BCUT2D eigenvalue weighted by Crippen LogP contribution is 2.02. The van der Waals surface area contributed by atoms with Crippen LogP contribution in [0.15, 0.2) is 0 Å². The average Bonchev–Trinajstić information content (AvgIpc) is 2.24. The Morgan fingerprint density at radius 1 is 1.06 bits per heavy atom. The third-order valence-corrected chi connectivity index (χ3v) is 2.56. The lowest BCUT2D eigenvalue weighted by Gasteiger charge is -2.18. The molecule has 0 spiro atoms. The molecule has 0 heterocycles. The summed E-state index contributed by atoms with van der Waals surface area (Å²) in [5, 5.41) is 2.74. The van der Waals surface area contributed by atoms with Crippen LogP contribution in [0.1, 0.15) is 46.5 Å². The maximum absolute atomic E-state index is 11.6. The van der Waals surface area contributed by atoms with Gasteiger partial charge in [-0.2, -0.15) is 0 Å². The zero-order valence-corrected chi connectivity index (χ0v) is 10.7. The largest absolute Gasteiger partial charge is 0.356 e. The van der Waals surface area contributed by atoms with Gasteiger partial charge in [0.2, 0.25) is 11.8 Å². The average molecular weight is 228 g/mol. The SMILES string of the molecule is CCN(CC)C(=O)CCCCCNC(C)=O. The second-order valence-electron chi connectivity index (χ2n) is 3.86. The minimum Gasteiger partial charge on any atom is -0.356 e. The predicted octanol–water partition coefficient (Wildman–Crippen LogP) is 1.55. The van der Waals surface area contributed by atoms with Gasteiger partial charge in [0.25, 0.3) is 0 Å². The number of hydrogen-bond donors (Lipinski definition) is 1. The Labute approximate surface area is 98.4 Å². The van der Waals surface area contributed by atoms with Gasteiger partial charge in [-0.05, 0) is 26.7 Å². The molecular weight excluding hydrogens is 204 g/mol. The van der Waals surface area contributed by atoms with Crippen molar-refractivity contribution in [2.75, 3.05) is 19.6 Å². The zero-order chi connectivity index (χ0) is 12.4. The van der Waals surface area contributed by atoms with E-state index in [1.807, 2.05) is 18.7 Å². The zero-order valence-electron chi connectivity index (χ0n) is 10.7. The number of rotatable bonds is 8. The molecule has 1 N–H and O–H groups in total. The van der Waals surface area contributed by atoms with Gasteiger partial charge in [-0.1, -0.05) is 6.42 Å². The Morgan fingerprint density at radius 2 is 1.69 bits per heavy atom. The van der Waals surface area contributed by atoms with Crippen LogP contribution in [0.5, 0.6) is 0 Å². The summed E-state index contributed by atoms with van der Waals surface area (Å²) in [5.74, 6) is 0.253. The van der Waals surface area contributed by atoms with Crippen LogP contribution in [-0.4, -0.2) is 36.3 Å². The van der Waals surface area contributed by atoms with Crippen LogP contribution >= 0.6 is 0 Å². The second-order valence-corrected chi connectivity index (χ2v) is 3.86. The van der Waals surface area contributed by atoms with Crippen molar-refractivity contribution >= 4 is 11.8 Å². The number of hydrogen-bond acceptors (Lipinski definition) is 2. The topological polar surface area (TPSA) is 49.4 Å². The van der Waals surface area contributed by atoms with E-state index in [2.05, 4.69) is 5.32 Å². The predicted molar refractivity (Wildman–Crippen MR) is 65.1 cm³/mol. The molecule has 16 heavy (non-hydrogen) atoms. The Kier molecular flexibility index (Phi) is 8.58. The third-order valence-electron chi connectivity index (χ3n) is 2.56. The minimum absolute atomic E-state index is 0.0132. The van der Waals surface area contributed by atoms with Crippen LogP contribution < -0.4 is 5.32 Å². The standard InChI is InChI=1S/C12H24N2O2/c1-4-14(5-2)12(16)9-7-6-8-10-13-11(3)15/h4-10H2,1-3H3,(H,13,15). The van der Waals surface area contributed by atoms with E-state index in [4.69, 9.17) is 0 Å². The number of carbonyl (C=O) groups is 2. The van der Waals surface area contributed by atoms with Crippen molar-refractivity contribution in [2.45, 2.75) is 46.5 Å². The van der Waals surface area contributed by atoms with Gasteiger partial charge in [-0.25, -0.2) is 0 Å². The molecule has 0 aliphatic heterocycles. The van der Waals surface area contributed by atoms with Crippen LogP contribution in [0.4, 0.5) is 0 Å². The molecule has 0 bridgehead atoms. The Bertz CT molecular complexity index is 213. The molecule has 0 fully saturated rings. The van der Waals surface area contributed by atoms with Gasteiger partial charge in [0.15, 0.2) is 0 Å². The molecule has 94 valence electrons. The lowest BCUT2D eigenvalue weighted by atomic mass is 10.2. The number of amides is 2. The summed E-state index contributed by atoms with van der Waals surface area (Å²) in [5.41, 5.74) is 0. The summed E-state index contributed by atoms with van der Waals surface area (Å²) in [4.78, 5) is 24.0. The van der Waals surface area contributed by atoms with Gasteiger partial charge >= 0.3 is 0 Å². The highest BCUT2D eigenvalue weighted by atomic mass is 16.2. The maximum atomic E-state index is 11.6. The number of nitrogens with one attached hydrogen (secondary N) is 1. The fraction of sp³-hybridized carbons (Fsp3) is 0.833. The Morgan fingerprint density at radius 3 is 2.19 bits per heavy atom. The van der Waals surface area contributed by atoms with Crippen molar-refractivity contribution in [3.8, 4) is 0 Å². The van der Waals surface area contributed by atoms with Crippen molar-refractivity contribution in [3.05, 3.63) is 0 Å². The summed E-state index contributed by atoms with van der Waals surface area (Å²) in [6, 6.07) is 0. The number of nitrogens with zero attached hydrogens (tertiary/aromatic N) is 1. The highest BCUT2D eigenvalue weighted by Gasteiger charge is 2.07. The first-order valence-corrected chi connectivity index (χ1v) is 6.14. The van der Waals surface area contributed by atoms with Crippen LogP contribution in [0.3, 0.4) is 0 Å². The number of unbranched alkanes of at least 4 members (excludes halogenated alkanes) is 2. The van der Waals surface area contributed by atoms with E-state index >= 15 is 0 Å². The van der Waals surface area contributed by atoms with Gasteiger partial charge in [0.05, 0.1) is 0 Å². The van der Waals surface area contributed by atoms with E-state index in [-0.39, 0.29) is 11.8 Å². The molecule has 4 nitrogen and oxygen atoms in total. The molecule has 0 radical (unpaired) electrons. The van der Waals surface area contributed by atoms with E-state index < -0.39 is 0 Å². The molecule has 0 saturated heterocycles. The molecule has 4 heteroatoms. The molecule has 0 saturated carbocycles. The smallest absolute Gasteiger partial charge is 0.222 e. The fourth-order valence-electron chi connectivity index (χ4n) is 1.58. The van der Waals surface area contributed by atoms with Gasteiger partial charge in [-0.3, -0.25) is 9.59 Å². The maximum Gasteiger partial charge on any atom is 0.222 e. The van der Waals surface area contributed by atoms with Crippen LogP contribution in [0.25, 0.3) is 0 Å². The third kappa shape index (κ3) is 7.26. The van der Waals surface area contributed by atoms with E-state index in [1.165, 1.54) is 6.92 Å². The summed E-state index contributed by atoms with van der Waals surface area (Å²) in [7, 11) is 0. The van der Waals surface area contributed by atoms with E-state index in [1.54, 1.807) is 0 Å². The van der Waals surface area contributed by atoms with Gasteiger partial charge in [0, 0.05) is 33.0 Å². The molecule has 0 aromatic carbocycles. The Hall–Kier alpha value is -1.06. The van der Waals surface area contributed by atoms with Gasteiger partial charge in [0.1, 0.15) is 0 Å². The first kappa shape index (κ1) is 14.9. The summed E-state index contributed by atoms with van der Waals surface area (Å²) >= 11 is 0. The molecule has 0 aliphatic carbocycles. The summed E-state index contributed by atoms with van der Waals surface area (Å²) in [6.45, 7) is 7.82. The first-order chi connectivity index (χ1) is 7.61. The molecule has 0 aromatic rings. The molecule has 0 aromatic heterocycles. The van der Waals surface area contributed by atoms with Crippen molar-refractivity contribution in [1.82, 2.24) is 10.2 Å². The van der Waals surface area contributed by atoms with E-state index in [0.29, 0.717) is 6.42 Å². The fourth-order valence-corrected chi connectivity index (χ4v) is 1.58. The van der Waals surface area contributed by atoms with Crippen LogP contribution in [-0.2, 0) is 9.59 Å². The van der Waals surface area contributed by atoms with Gasteiger partial charge in [-0.15, -0.1) is 0 Å². The lowest BCUT2D eigenvalue weighted by molar-refractivity contribution is -0.131. The quantitative estimate of drug-likeness (QED) is 0.641. The number of carbonyl (C=O) groups excluding carboxylic acids is 2. The van der Waals surface area contributed by atoms with Crippen molar-refractivity contribution in [2.24, 2.45) is 0 Å². The van der Waals surface area contributed by atoms with Crippen molar-refractivity contribution in [1.29, 1.82) is 0 Å². The normalized spacial score (nSPS) is 9.94. The molecule has 0 aliphatic rings. The monoisotopic (exact) mass is 228 g/mol.